The number of terminal acetylenes is 1. The number of halogens is 2. The van der Waals surface area contributed by atoms with Gasteiger partial charge in [0, 0.05) is 15.3 Å². The number of nitrogens with one attached hydrogen (secondary N) is 1. The summed E-state index contributed by atoms with van der Waals surface area (Å²) in [6, 6.07) is 14.1. The first-order chi connectivity index (χ1) is 12.0. The highest BCUT2D eigenvalue weighted by atomic mass is 127. The van der Waals surface area contributed by atoms with E-state index < -0.39 is 5.91 Å². The lowest BCUT2D eigenvalue weighted by molar-refractivity contribution is -0.116. The molecule has 2 aromatic carbocycles. The predicted molar refractivity (Wildman–Crippen MR) is 110 cm³/mol. The summed E-state index contributed by atoms with van der Waals surface area (Å²) in [7, 11) is 0. The molecule has 2 rings (SSSR count). The maximum Gasteiger partial charge on any atom is 0.257 e. The summed E-state index contributed by atoms with van der Waals surface area (Å²) in [6.07, 6.45) is 6.47. The van der Waals surface area contributed by atoms with E-state index in [0.29, 0.717) is 16.3 Å². The lowest BCUT2D eigenvalue weighted by Crippen LogP contribution is -2.26. The molecule has 0 aliphatic carbocycles. The van der Waals surface area contributed by atoms with Crippen molar-refractivity contribution in [1.82, 2.24) is 5.32 Å². The lowest BCUT2D eigenvalue weighted by Gasteiger charge is -2.08. The number of carbonyl (C=O) groups is 1. The Hall–Kier alpha value is -2.30. The van der Waals surface area contributed by atoms with Crippen LogP contribution in [0.1, 0.15) is 5.56 Å². The summed E-state index contributed by atoms with van der Waals surface area (Å²) in [5.41, 5.74) is 0.959. The van der Waals surface area contributed by atoms with E-state index in [1.165, 1.54) is 6.21 Å². The molecule has 0 bridgehead atoms. The fourth-order valence-corrected chi connectivity index (χ4v) is 2.50. The Bertz CT molecular complexity index is 868. The van der Waals surface area contributed by atoms with Crippen LogP contribution in [0.4, 0.5) is 5.69 Å². The highest BCUT2D eigenvalue weighted by Gasteiger charge is 2.16. The minimum atomic E-state index is -0.537. The molecule has 0 radical (unpaired) electrons. The summed E-state index contributed by atoms with van der Waals surface area (Å²) >= 11 is 8.29. The third-order valence-corrected chi connectivity index (χ3v) is 4.20. The van der Waals surface area contributed by atoms with Gasteiger partial charge < -0.3 is 10.4 Å². The monoisotopic (exact) mass is 464 g/mol. The molecule has 0 atom stereocenters. The van der Waals surface area contributed by atoms with Crippen LogP contribution < -0.4 is 5.32 Å². The Labute approximate surface area is 164 Å². The van der Waals surface area contributed by atoms with Gasteiger partial charge in [-0.1, -0.05) is 29.7 Å². The van der Waals surface area contributed by atoms with E-state index in [0.717, 1.165) is 3.57 Å². The first-order valence-corrected chi connectivity index (χ1v) is 8.68. The number of hydrogen-bond donors (Lipinski definition) is 2. The lowest BCUT2D eigenvalue weighted by atomic mass is 10.1. The van der Waals surface area contributed by atoms with Crippen LogP contribution in [0.5, 0.6) is 0 Å². The third kappa shape index (κ3) is 5.34. The van der Waals surface area contributed by atoms with Crippen LogP contribution in [0.2, 0.25) is 5.02 Å². The van der Waals surface area contributed by atoms with Gasteiger partial charge in [0.05, 0.1) is 17.3 Å². The number of aliphatic hydroxyl groups excluding tert-OH is 1. The molecular formula is C19H14ClIN2O2. The highest BCUT2D eigenvalue weighted by molar-refractivity contribution is 14.1. The van der Waals surface area contributed by atoms with E-state index in [1.807, 2.05) is 24.3 Å². The van der Waals surface area contributed by atoms with Crippen LogP contribution in [0.3, 0.4) is 0 Å². The van der Waals surface area contributed by atoms with Gasteiger partial charge in [0.2, 0.25) is 0 Å². The van der Waals surface area contributed by atoms with Gasteiger partial charge >= 0.3 is 0 Å². The number of carbonyl (C=O) groups excluding carboxylic acids is 1. The van der Waals surface area contributed by atoms with Crippen LogP contribution in [0.15, 0.2) is 59.1 Å². The van der Waals surface area contributed by atoms with Gasteiger partial charge in [-0.3, -0.25) is 9.79 Å². The van der Waals surface area contributed by atoms with Crippen molar-refractivity contribution < 1.29 is 9.90 Å². The van der Waals surface area contributed by atoms with Gasteiger partial charge in [-0.25, -0.2) is 0 Å². The Morgan fingerprint density at radius 2 is 1.96 bits per heavy atom. The molecule has 2 aromatic rings. The second kappa shape index (κ2) is 9.25. The summed E-state index contributed by atoms with van der Waals surface area (Å²) in [4.78, 5) is 16.6. The van der Waals surface area contributed by atoms with E-state index >= 15 is 0 Å². The number of nitrogens with zero attached hydrogens (tertiary/aromatic N) is 1. The maximum absolute atomic E-state index is 12.3. The second-order valence-corrected chi connectivity index (χ2v) is 6.52. The van der Waals surface area contributed by atoms with E-state index in [1.54, 1.807) is 24.3 Å². The van der Waals surface area contributed by atoms with Crippen molar-refractivity contribution in [2.24, 2.45) is 4.99 Å². The maximum atomic E-state index is 12.3. The van der Waals surface area contributed by atoms with Gasteiger partial charge in [-0.05, 0) is 59.0 Å². The molecule has 0 unspecified atom stereocenters. The Morgan fingerprint density at radius 3 is 2.60 bits per heavy atom. The standard InChI is InChI=1S/C19H14ClIN2O2/c1-2-11-22-19(25)16(12-23-14-9-7-13(21)8-10-14)18(24)15-5-3-4-6-17(15)20/h1,3-10,12,24H,11H2,(H,22,25). The molecule has 2 N–H and O–H groups in total. The number of amides is 1. The van der Waals surface area contributed by atoms with Gasteiger partial charge in [-0.2, -0.15) is 0 Å². The summed E-state index contributed by atoms with van der Waals surface area (Å²) in [5.74, 6) is 1.51. The molecule has 0 spiro atoms. The molecule has 25 heavy (non-hydrogen) atoms. The van der Waals surface area contributed by atoms with Gasteiger partial charge in [-0.15, -0.1) is 6.42 Å². The van der Waals surface area contributed by atoms with E-state index in [2.05, 4.69) is 38.8 Å². The Morgan fingerprint density at radius 1 is 1.28 bits per heavy atom. The average Bonchev–Trinajstić information content (AvgIpc) is 2.61. The van der Waals surface area contributed by atoms with Gasteiger partial charge in [0.25, 0.3) is 5.91 Å². The molecule has 0 aromatic heterocycles. The average molecular weight is 465 g/mol. The molecule has 6 heteroatoms. The molecular weight excluding hydrogens is 451 g/mol. The van der Waals surface area contributed by atoms with Crippen molar-refractivity contribution in [3.8, 4) is 12.3 Å². The fourth-order valence-electron chi connectivity index (χ4n) is 1.92. The first kappa shape index (κ1) is 19.0. The summed E-state index contributed by atoms with van der Waals surface area (Å²) < 4.78 is 1.07. The van der Waals surface area contributed by atoms with Crippen LogP contribution >= 0.6 is 34.2 Å². The summed E-state index contributed by atoms with van der Waals surface area (Å²) in [6.45, 7) is 0.0372. The fraction of sp³-hybridized carbons (Fsp3) is 0.0526. The van der Waals surface area contributed by atoms with E-state index in [4.69, 9.17) is 18.0 Å². The molecule has 0 aliphatic heterocycles. The van der Waals surface area contributed by atoms with E-state index in [-0.39, 0.29) is 17.9 Å². The molecule has 1 amide bonds. The second-order valence-electron chi connectivity index (χ2n) is 4.86. The highest BCUT2D eigenvalue weighted by Crippen LogP contribution is 2.24. The normalized spacial score (nSPS) is 11.7. The number of hydrogen-bond acceptors (Lipinski definition) is 3. The van der Waals surface area contributed by atoms with Crippen molar-refractivity contribution in [3.63, 3.8) is 0 Å². The quantitative estimate of drug-likeness (QED) is 0.227. The minimum absolute atomic E-state index is 0.0260. The molecule has 126 valence electrons. The smallest absolute Gasteiger partial charge is 0.257 e. The van der Waals surface area contributed by atoms with Crippen molar-refractivity contribution >= 4 is 57.8 Å². The van der Waals surface area contributed by atoms with Crippen molar-refractivity contribution in [2.75, 3.05) is 6.54 Å². The van der Waals surface area contributed by atoms with Crippen LogP contribution in [0.25, 0.3) is 5.76 Å². The molecule has 0 saturated carbocycles. The van der Waals surface area contributed by atoms with E-state index in [9.17, 15) is 9.90 Å². The molecule has 0 heterocycles. The first-order valence-electron chi connectivity index (χ1n) is 7.22. The number of aliphatic imine (C=N–C) groups is 1. The Balaban J connectivity index is 2.44. The molecule has 0 saturated heterocycles. The van der Waals surface area contributed by atoms with Crippen molar-refractivity contribution in [2.45, 2.75) is 0 Å². The predicted octanol–water partition coefficient (Wildman–Crippen LogP) is 4.37. The zero-order chi connectivity index (χ0) is 18.2. The molecule has 0 fully saturated rings. The van der Waals surface area contributed by atoms with Crippen molar-refractivity contribution in [1.29, 1.82) is 0 Å². The zero-order valence-corrected chi connectivity index (χ0v) is 16.0. The zero-order valence-electron chi connectivity index (χ0n) is 13.0. The third-order valence-electron chi connectivity index (χ3n) is 3.15. The van der Waals surface area contributed by atoms with Crippen LogP contribution in [-0.2, 0) is 4.79 Å². The number of benzene rings is 2. The minimum Gasteiger partial charge on any atom is -0.506 e. The number of aliphatic hydroxyl groups is 1. The van der Waals surface area contributed by atoms with Gasteiger partial charge in [0.15, 0.2) is 0 Å². The Kier molecular flexibility index (Phi) is 7.04. The van der Waals surface area contributed by atoms with Crippen LogP contribution in [-0.4, -0.2) is 23.8 Å². The van der Waals surface area contributed by atoms with Gasteiger partial charge in [0.1, 0.15) is 11.3 Å². The molecule has 4 nitrogen and oxygen atoms in total. The largest absolute Gasteiger partial charge is 0.506 e. The topological polar surface area (TPSA) is 61.7 Å². The number of rotatable bonds is 5. The molecule has 0 aliphatic rings. The van der Waals surface area contributed by atoms with Crippen LogP contribution in [0, 0.1) is 15.9 Å². The van der Waals surface area contributed by atoms with Crippen molar-refractivity contribution in [3.05, 3.63) is 68.3 Å². The summed E-state index contributed by atoms with van der Waals surface area (Å²) in [5, 5.41) is 13.4. The SMILES string of the molecule is C#CCNC(=O)C(C=Nc1ccc(I)cc1)=C(O)c1ccccc1Cl.